The third-order valence-electron chi connectivity index (χ3n) is 9.33. The van der Waals surface area contributed by atoms with E-state index < -0.39 is 30.2 Å². The molecule has 0 fully saturated rings. The van der Waals surface area contributed by atoms with Crippen LogP contribution in [-0.2, 0) is 0 Å². The van der Waals surface area contributed by atoms with Crippen LogP contribution in [0.5, 0.6) is 0 Å². The molecule has 218 valence electrons. The number of hydrogen-bond donors (Lipinski definition) is 0. The molecule has 1 aromatic heterocycles. The Morgan fingerprint density at radius 3 is 1.94 bits per heavy atom. The lowest BCUT2D eigenvalue weighted by Gasteiger charge is -2.20. The smallest absolute Gasteiger partial charge is 0.136 e. The van der Waals surface area contributed by atoms with Crippen molar-refractivity contribution in [2.75, 3.05) is 0 Å². The number of benzene rings is 9. The highest BCUT2D eigenvalue weighted by molar-refractivity contribution is 6.27. The zero-order valence-electron chi connectivity index (χ0n) is 32.0. The summed E-state index contributed by atoms with van der Waals surface area (Å²) in [6.07, 6.45) is 0. The van der Waals surface area contributed by atoms with Crippen LogP contribution in [0.15, 0.2) is 174 Å². The Kier molecular flexibility index (Phi) is 4.34. The van der Waals surface area contributed by atoms with Crippen LogP contribution < -0.4 is 0 Å². The second-order valence-corrected chi connectivity index (χ2v) is 11.9. The van der Waals surface area contributed by atoms with Gasteiger partial charge in [-0.05, 0) is 101 Å². The molecule has 0 N–H and O–H groups in total. The van der Waals surface area contributed by atoms with E-state index in [1.165, 1.54) is 0 Å². The summed E-state index contributed by atoms with van der Waals surface area (Å²) in [4.78, 5) is 0. The van der Waals surface area contributed by atoms with E-state index >= 15 is 0 Å². The molecule has 9 aromatic carbocycles. The van der Waals surface area contributed by atoms with E-state index in [9.17, 15) is 1.37 Å². The standard InChI is InChI=1S/C46H28O/c1-2-12-29(13-3-1)33-24-25-38-40(26-33)45(35-21-10-17-30-14-6-7-18-34(30)35)37-20-9-8-19-36(37)44(38)39-22-11-23-42-46(39)41-27-31-15-4-5-16-32(31)28-43(41)47-42/h1-28H/i6D,7D,10D,14D,17D,18D,21D. The van der Waals surface area contributed by atoms with Gasteiger partial charge in [0.1, 0.15) is 11.2 Å². The van der Waals surface area contributed by atoms with Crippen LogP contribution in [-0.4, -0.2) is 0 Å². The van der Waals surface area contributed by atoms with Crippen LogP contribution in [0, 0.1) is 0 Å². The van der Waals surface area contributed by atoms with Gasteiger partial charge in [-0.1, -0.05) is 145 Å². The van der Waals surface area contributed by atoms with E-state index in [2.05, 4.69) is 48.5 Å². The molecule has 0 unspecified atom stereocenters. The van der Waals surface area contributed by atoms with Gasteiger partial charge in [-0.15, -0.1) is 0 Å². The summed E-state index contributed by atoms with van der Waals surface area (Å²) < 4.78 is 68.7. The molecule has 1 nitrogen and oxygen atoms in total. The molecule has 10 aromatic rings. The first-order valence-electron chi connectivity index (χ1n) is 19.1. The topological polar surface area (TPSA) is 13.1 Å². The molecule has 10 rings (SSSR count). The molecule has 0 amide bonds. The second kappa shape index (κ2) is 10.2. The monoisotopic (exact) mass is 603 g/mol. The Balaban J connectivity index is 1.43. The lowest BCUT2D eigenvalue weighted by Crippen LogP contribution is -1.93. The molecule has 0 atom stereocenters. The summed E-state index contributed by atoms with van der Waals surface area (Å²) in [7, 11) is 0. The van der Waals surface area contributed by atoms with Gasteiger partial charge in [0.2, 0.25) is 0 Å². The molecule has 1 heterocycles. The molecular weight excluding hydrogens is 569 g/mol. The van der Waals surface area contributed by atoms with E-state index in [0.29, 0.717) is 5.56 Å². The molecule has 47 heavy (non-hydrogen) atoms. The van der Waals surface area contributed by atoms with Crippen molar-refractivity contribution < 1.29 is 14.0 Å². The molecule has 0 radical (unpaired) electrons. The third kappa shape index (κ3) is 3.97. The van der Waals surface area contributed by atoms with E-state index in [1.807, 2.05) is 78.9 Å². The maximum absolute atomic E-state index is 9.40. The number of furan rings is 1. The average Bonchev–Trinajstić information content (AvgIpc) is 3.57. The van der Waals surface area contributed by atoms with Crippen molar-refractivity contribution in [3.8, 4) is 33.4 Å². The van der Waals surface area contributed by atoms with Crippen molar-refractivity contribution in [2.24, 2.45) is 0 Å². The summed E-state index contributed by atoms with van der Waals surface area (Å²) in [5, 5.41) is 7.36. The van der Waals surface area contributed by atoms with E-state index in [0.717, 1.165) is 76.5 Å². The molecule has 0 saturated heterocycles. The zero-order valence-corrected chi connectivity index (χ0v) is 25.0. The van der Waals surface area contributed by atoms with Gasteiger partial charge in [-0.2, -0.15) is 0 Å². The predicted octanol–water partition coefficient (Wildman–Crippen LogP) is 13.2. The number of fused-ring (bicyclic) bond motifs is 7. The van der Waals surface area contributed by atoms with Crippen molar-refractivity contribution in [1.29, 1.82) is 0 Å². The fraction of sp³-hybridized carbons (Fsp3) is 0. The van der Waals surface area contributed by atoms with Crippen molar-refractivity contribution in [1.82, 2.24) is 0 Å². The molecule has 0 spiro atoms. The minimum atomic E-state index is -0.478. The third-order valence-corrected chi connectivity index (χ3v) is 9.33. The van der Waals surface area contributed by atoms with Crippen molar-refractivity contribution >= 4 is 65.0 Å². The Labute approximate surface area is 281 Å². The summed E-state index contributed by atoms with van der Waals surface area (Å²) in [6, 6.07) is 40.0. The minimum Gasteiger partial charge on any atom is -0.456 e. The largest absolute Gasteiger partial charge is 0.456 e. The zero-order chi connectivity index (χ0) is 37.0. The Morgan fingerprint density at radius 1 is 0.383 bits per heavy atom. The Hall–Kier alpha value is -6.18. The number of rotatable bonds is 3. The lowest BCUT2D eigenvalue weighted by atomic mass is 9.83. The van der Waals surface area contributed by atoms with Crippen LogP contribution in [0.2, 0.25) is 0 Å². The van der Waals surface area contributed by atoms with Crippen molar-refractivity contribution in [3.63, 3.8) is 0 Å². The minimum absolute atomic E-state index is 0.0612. The summed E-state index contributed by atoms with van der Waals surface area (Å²) >= 11 is 0. The number of hydrogen-bond acceptors (Lipinski definition) is 1. The van der Waals surface area contributed by atoms with Gasteiger partial charge >= 0.3 is 0 Å². The predicted molar refractivity (Wildman–Crippen MR) is 200 cm³/mol. The van der Waals surface area contributed by atoms with Gasteiger partial charge in [0.05, 0.1) is 9.60 Å². The van der Waals surface area contributed by atoms with Gasteiger partial charge in [0.15, 0.2) is 0 Å². The summed E-state index contributed by atoms with van der Waals surface area (Å²) in [5.74, 6) is 0. The molecule has 0 aliphatic carbocycles. The molecule has 0 aliphatic heterocycles. The lowest BCUT2D eigenvalue weighted by molar-refractivity contribution is 0.669. The van der Waals surface area contributed by atoms with E-state index in [1.54, 1.807) is 0 Å². The first-order chi connectivity index (χ1) is 26.2. The van der Waals surface area contributed by atoms with Crippen LogP contribution >= 0.6 is 0 Å². The first kappa shape index (κ1) is 20.0. The van der Waals surface area contributed by atoms with Crippen LogP contribution in [0.3, 0.4) is 0 Å². The van der Waals surface area contributed by atoms with E-state index in [4.69, 9.17) is 12.6 Å². The molecule has 0 saturated carbocycles. The van der Waals surface area contributed by atoms with Crippen molar-refractivity contribution in [3.05, 3.63) is 170 Å². The molecular formula is C46H28O. The SMILES string of the molecule is [2H]c1c([2H])c([2H])c2c(-c3c4ccccc4c(-c4cccc5oc6cc7ccccc7cc6c45)c4ccc(-c5ccccc5)cc34)c([2H])c([2H])c([2H])c2c1[2H]. The van der Waals surface area contributed by atoms with Gasteiger partial charge in [-0.3, -0.25) is 0 Å². The highest BCUT2D eigenvalue weighted by Crippen LogP contribution is 2.48. The van der Waals surface area contributed by atoms with Gasteiger partial charge in [0, 0.05) is 10.8 Å². The molecule has 0 aliphatic rings. The van der Waals surface area contributed by atoms with Crippen LogP contribution in [0.25, 0.3) is 98.4 Å². The summed E-state index contributed by atoms with van der Waals surface area (Å²) in [6.45, 7) is 0. The quantitative estimate of drug-likeness (QED) is 0.183. The van der Waals surface area contributed by atoms with Crippen molar-refractivity contribution in [2.45, 2.75) is 0 Å². The Bertz CT molecular complexity index is 3230. The maximum atomic E-state index is 9.40. The highest BCUT2D eigenvalue weighted by Gasteiger charge is 2.21. The van der Waals surface area contributed by atoms with Crippen LogP contribution in [0.4, 0.5) is 0 Å². The fourth-order valence-corrected chi connectivity index (χ4v) is 7.27. The first-order valence-corrected chi connectivity index (χ1v) is 15.6. The molecule has 1 heteroatoms. The second-order valence-electron chi connectivity index (χ2n) is 11.9. The normalized spacial score (nSPS) is 13.9. The van der Waals surface area contributed by atoms with Gasteiger partial charge in [0.25, 0.3) is 0 Å². The van der Waals surface area contributed by atoms with E-state index in [-0.39, 0.29) is 28.4 Å². The maximum Gasteiger partial charge on any atom is 0.136 e. The summed E-state index contributed by atoms with van der Waals surface area (Å²) in [5.41, 5.74) is 6.13. The highest BCUT2D eigenvalue weighted by atomic mass is 16.3. The van der Waals surface area contributed by atoms with Crippen LogP contribution in [0.1, 0.15) is 9.60 Å². The van der Waals surface area contributed by atoms with Gasteiger partial charge < -0.3 is 4.42 Å². The average molecular weight is 604 g/mol. The fourth-order valence-electron chi connectivity index (χ4n) is 7.27. The van der Waals surface area contributed by atoms with Gasteiger partial charge in [-0.25, -0.2) is 0 Å². The molecule has 0 bridgehead atoms. The Morgan fingerprint density at radius 2 is 1.09 bits per heavy atom.